The maximum absolute atomic E-state index is 3.42. The summed E-state index contributed by atoms with van der Waals surface area (Å²) >= 11 is 0. The van der Waals surface area contributed by atoms with Crippen molar-refractivity contribution in [3.05, 3.63) is 0 Å². The standard InChI is InChI=1S/C12H21N/c1-12(2)9-3-4-10(11(12)5-9)8-6-13-7-8/h8-11,13H,3-7H2,1-2H3. The van der Waals surface area contributed by atoms with Crippen molar-refractivity contribution < 1.29 is 0 Å². The van der Waals surface area contributed by atoms with E-state index in [2.05, 4.69) is 19.2 Å². The molecule has 3 atom stereocenters. The van der Waals surface area contributed by atoms with E-state index >= 15 is 0 Å². The van der Waals surface area contributed by atoms with Crippen LogP contribution in [-0.2, 0) is 0 Å². The van der Waals surface area contributed by atoms with Crippen LogP contribution in [0.25, 0.3) is 0 Å². The molecule has 4 aliphatic rings. The van der Waals surface area contributed by atoms with Crippen LogP contribution in [-0.4, -0.2) is 13.1 Å². The summed E-state index contributed by atoms with van der Waals surface area (Å²) in [4.78, 5) is 0. The molecular weight excluding hydrogens is 158 g/mol. The summed E-state index contributed by atoms with van der Waals surface area (Å²) in [6, 6.07) is 0. The van der Waals surface area contributed by atoms with Gasteiger partial charge in [0.15, 0.2) is 0 Å². The third-order valence-electron chi connectivity index (χ3n) is 5.33. The molecule has 0 aromatic carbocycles. The maximum atomic E-state index is 3.42. The second-order valence-electron chi connectivity index (χ2n) is 6.02. The average molecular weight is 179 g/mol. The zero-order chi connectivity index (χ0) is 9.05. The first-order chi connectivity index (χ1) is 6.19. The molecule has 2 bridgehead atoms. The summed E-state index contributed by atoms with van der Waals surface area (Å²) in [6.45, 7) is 7.62. The van der Waals surface area contributed by atoms with Crippen LogP contribution in [0.3, 0.4) is 0 Å². The molecule has 0 radical (unpaired) electrons. The highest BCUT2D eigenvalue weighted by Gasteiger charge is 2.55. The van der Waals surface area contributed by atoms with E-state index in [0.717, 1.165) is 23.7 Å². The van der Waals surface area contributed by atoms with Gasteiger partial charge in [0.2, 0.25) is 0 Å². The number of rotatable bonds is 1. The van der Waals surface area contributed by atoms with Crippen molar-refractivity contribution in [3.63, 3.8) is 0 Å². The van der Waals surface area contributed by atoms with Gasteiger partial charge >= 0.3 is 0 Å². The molecular formula is C12H21N. The van der Waals surface area contributed by atoms with Crippen molar-refractivity contribution in [2.45, 2.75) is 33.1 Å². The van der Waals surface area contributed by atoms with Gasteiger partial charge in [-0.3, -0.25) is 0 Å². The van der Waals surface area contributed by atoms with Crippen LogP contribution in [0.5, 0.6) is 0 Å². The highest BCUT2D eigenvalue weighted by Crippen LogP contribution is 2.62. The minimum Gasteiger partial charge on any atom is -0.316 e. The third kappa shape index (κ3) is 0.971. The molecule has 4 rings (SSSR count). The molecule has 1 saturated heterocycles. The van der Waals surface area contributed by atoms with Crippen LogP contribution in [0.2, 0.25) is 0 Å². The van der Waals surface area contributed by atoms with Crippen molar-refractivity contribution in [2.75, 3.05) is 13.1 Å². The van der Waals surface area contributed by atoms with Crippen molar-refractivity contribution in [3.8, 4) is 0 Å². The molecule has 4 fully saturated rings. The molecule has 1 N–H and O–H groups in total. The van der Waals surface area contributed by atoms with Gasteiger partial charge in [0, 0.05) is 0 Å². The summed E-state index contributed by atoms with van der Waals surface area (Å²) in [5, 5.41) is 3.42. The largest absolute Gasteiger partial charge is 0.316 e. The summed E-state index contributed by atoms with van der Waals surface area (Å²) in [7, 11) is 0. The van der Waals surface area contributed by atoms with E-state index in [4.69, 9.17) is 0 Å². The Kier molecular flexibility index (Phi) is 1.59. The van der Waals surface area contributed by atoms with Gasteiger partial charge in [0.1, 0.15) is 0 Å². The molecule has 1 heterocycles. The number of hydrogen-bond donors (Lipinski definition) is 1. The van der Waals surface area contributed by atoms with Crippen molar-refractivity contribution >= 4 is 0 Å². The molecule has 3 unspecified atom stereocenters. The monoisotopic (exact) mass is 179 g/mol. The molecule has 1 aliphatic heterocycles. The second-order valence-corrected chi connectivity index (χ2v) is 6.02. The first-order valence-corrected chi connectivity index (χ1v) is 5.90. The maximum Gasteiger partial charge on any atom is -0.000549 e. The van der Waals surface area contributed by atoms with Gasteiger partial charge in [-0.05, 0) is 61.4 Å². The molecule has 0 amide bonds. The Morgan fingerprint density at radius 1 is 1.15 bits per heavy atom. The zero-order valence-electron chi connectivity index (χ0n) is 8.84. The molecule has 1 nitrogen and oxygen atoms in total. The van der Waals surface area contributed by atoms with E-state index in [1.807, 2.05) is 0 Å². The van der Waals surface area contributed by atoms with Gasteiger partial charge < -0.3 is 5.32 Å². The average Bonchev–Trinajstić information content (AvgIpc) is 2.01. The fourth-order valence-electron chi connectivity index (χ4n) is 4.05. The lowest BCUT2D eigenvalue weighted by atomic mass is 9.44. The smallest absolute Gasteiger partial charge is 0.000549 e. The number of fused-ring (bicyclic) bond motifs is 2. The number of hydrogen-bond acceptors (Lipinski definition) is 1. The van der Waals surface area contributed by atoms with Gasteiger partial charge in [-0.25, -0.2) is 0 Å². The lowest BCUT2D eigenvalue weighted by molar-refractivity contribution is -0.126. The van der Waals surface area contributed by atoms with Crippen LogP contribution in [0.15, 0.2) is 0 Å². The first kappa shape index (κ1) is 8.28. The minimum atomic E-state index is 0.693. The van der Waals surface area contributed by atoms with Gasteiger partial charge in [-0.1, -0.05) is 13.8 Å². The predicted molar refractivity (Wildman–Crippen MR) is 54.5 cm³/mol. The van der Waals surface area contributed by atoms with Crippen molar-refractivity contribution in [1.82, 2.24) is 5.32 Å². The second kappa shape index (κ2) is 2.50. The molecule has 3 saturated carbocycles. The molecule has 1 heteroatoms. The van der Waals surface area contributed by atoms with E-state index < -0.39 is 0 Å². The summed E-state index contributed by atoms with van der Waals surface area (Å²) < 4.78 is 0. The first-order valence-electron chi connectivity index (χ1n) is 5.90. The van der Waals surface area contributed by atoms with Crippen LogP contribution in [0.4, 0.5) is 0 Å². The van der Waals surface area contributed by atoms with Crippen LogP contribution in [0.1, 0.15) is 33.1 Å². The zero-order valence-corrected chi connectivity index (χ0v) is 8.84. The SMILES string of the molecule is CC1(C)C2CCC(C3CNC3)C1C2. The van der Waals surface area contributed by atoms with Gasteiger partial charge in [0.05, 0.1) is 0 Å². The normalized spacial score (nSPS) is 48.0. The van der Waals surface area contributed by atoms with Crippen molar-refractivity contribution in [1.29, 1.82) is 0 Å². The van der Waals surface area contributed by atoms with Gasteiger partial charge in [0.25, 0.3) is 0 Å². The summed E-state index contributed by atoms with van der Waals surface area (Å²) in [5.74, 6) is 4.24. The predicted octanol–water partition coefficient (Wildman–Crippen LogP) is 2.28. The van der Waals surface area contributed by atoms with E-state index in [1.54, 1.807) is 6.42 Å². The van der Waals surface area contributed by atoms with E-state index in [9.17, 15) is 0 Å². The molecule has 0 aromatic heterocycles. The van der Waals surface area contributed by atoms with Crippen LogP contribution in [0, 0.1) is 29.1 Å². The fraction of sp³-hybridized carbons (Fsp3) is 1.00. The van der Waals surface area contributed by atoms with Gasteiger partial charge in [-0.2, -0.15) is 0 Å². The Balaban J connectivity index is 1.75. The Morgan fingerprint density at radius 3 is 2.38 bits per heavy atom. The van der Waals surface area contributed by atoms with Crippen molar-refractivity contribution in [2.24, 2.45) is 29.1 Å². The Morgan fingerprint density at radius 2 is 1.92 bits per heavy atom. The lowest BCUT2D eigenvalue weighted by Gasteiger charge is -2.62. The van der Waals surface area contributed by atoms with E-state index in [1.165, 1.54) is 25.9 Å². The molecule has 13 heavy (non-hydrogen) atoms. The topological polar surface area (TPSA) is 12.0 Å². The van der Waals surface area contributed by atoms with E-state index in [-0.39, 0.29) is 0 Å². The molecule has 3 aliphatic carbocycles. The van der Waals surface area contributed by atoms with Gasteiger partial charge in [-0.15, -0.1) is 0 Å². The van der Waals surface area contributed by atoms with Crippen LogP contribution < -0.4 is 5.32 Å². The molecule has 74 valence electrons. The minimum absolute atomic E-state index is 0.693. The lowest BCUT2D eigenvalue weighted by Crippen LogP contribution is -2.58. The summed E-state index contributed by atoms with van der Waals surface area (Å²) in [6.07, 6.45) is 4.60. The quantitative estimate of drug-likeness (QED) is 0.651. The highest BCUT2D eigenvalue weighted by molar-refractivity contribution is 5.05. The highest BCUT2D eigenvalue weighted by atomic mass is 15.0. The van der Waals surface area contributed by atoms with Crippen LogP contribution >= 0.6 is 0 Å². The Hall–Kier alpha value is -0.0400. The van der Waals surface area contributed by atoms with E-state index in [0.29, 0.717) is 5.41 Å². The Bertz CT molecular complexity index is 215. The third-order valence-corrected chi connectivity index (χ3v) is 5.33. The number of nitrogens with one attached hydrogen (secondary N) is 1. The molecule has 0 spiro atoms. The molecule has 0 aromatic rings. The fourth-order valence-corrected chi connectivity index (χ4v) is 4.05. The Labute approximate surface area is 81.3 Å². The summed E-state index contributed by atoms with van der Waals surface area (Å²) in [5.41, 5.74) is 0.693.